The van der Waals surface area contributed by atoms with Crippen LogP contribution >= 0.6 is 0 Å². The Bertz CT molecular complexity index is 751. The first kappa shape index (κ1) is 16.3. The Morgan fingerprint density at radius 1 is 1.25 bits per heavy atom. The molecule has 1 aromatic carbocycles. The molecule has 2 aromatic rings. The molecule has 0 spiro atoms. The molecule has 3 rings (SSSR count). The van der Waals surface area contributed by atoms with E-state index in [1.165, 1.54) is 5.56 Å². The smallest absolute Gasteiger partial charge is 0.355 e. The van der Waals surface area contributed by atoms with Crippen molar-refractivity contribution in [3.63, 3.8) is 0 Å². The molecule has 0 fully saturated rings. The quantitative estimate of drug-likeness (QED) is 0.879. The number of esters is 1. The second-order valence-electron chi connectivity index (χ2n) is 6.20. The van der Waals surface area contributed by atoms with Crippen LogP contribution in [0.1, 0.15) is 47.4 Å². The van der Waals surface area contributed by atoms with Gasteiger partial charge in [-0.15, -0.1) is 0 Å². The number of hydrogen-bond acceptors (Lipinski definition) is 3. The van der Waals surface area contributed by atoms with Crippen LogP contribution in [0.25, 0.3) is 0 Å². The van der Waals surface area contributed by atoms with Gasteiger partial charge in [0.1, 0.15) is 5.69 Å². The average Bonchev–Trinajstić information content (AvgIpc) is 3.01. The molecule has 1 aliphatic carbocycles. The van der Waals surface area contributed by atoms with Crippen molar-refractivity contribution in [2.45, 2.75) is 38.3 Å². The van der Waals surface area contributed by atoms with E-state index in [-0.39, 0.29) is 11.9 Å². The van der Waals surface area contributed by atoms with Gasteiger partial charge in [0.2, 0.25) is 0 Å². The van der Waals surface area contributed by atoms with Crippen LogP contribution in [0, 0.1) is 0 Å². The van der Waals surface area contributed by atoms with E-state index in [1.807, 2.05) is 12.1 Å². The Morgan fingerprint density at radius 3 is 2.79 bits per heavy atom. The normalized spacial score (nSPS) is 17.7. The molecule has 0 unspecified atom stereocenters. The summed E-state index contributed by atoms with van der Waals surface area (Å²) in [5.41, 5.74) is 2.87. The average molecular weight is 326 g/mol. The minimum absolute atomic E-state index is 0.0151. The van der Waals surface area contributed by atoms with E-state index in [2.05, 4.69) is 17.4 Å². The summed E-state index contributed by atoms with van der Waals surface area (Å²) in [6, 6.07) is 11.6. The van der Waals surface area contributed by atoms with Gasteiger partial charge in [-0.05, 0) is 49.4 Å². The maximum Gasteiger partial charge on any atom is 0.355 e. The third-order valence-corrected chi connectivity index (χ3v) is 4.49. The number of nitrogens with one attached hydrogen (secondary N) is 1. The number of ether oxygens (including phenoxy) is 1. The van der Waals surface area contributed by atoms with Crippen molar-refractivity contribution >= 4 is 11.9 Å². The third kappa shape index (κ3) is 3.35. The summed E-state index contributed by atoms with van der Waals surface area (Å²) in [7, 11) is 1.76. The maximum atomic E-state index is 12.4. The number of hydrogen-bond donors (Lipinski definition) is 1. The van der Waals surface area contributed by atoms with Crippen molar-refractivity contribution in [1.82, 2.24) is 9.88 Å². The molecule has 0 saturated heterocycles. The molecule has 0 saturated carbocycles. The predicted octanol–water partition coefficient (Wildman–Crippen LogP) is 2.76. The molecule has 24 heavy (non-hydrogen) atoms. The van der Waals surface area contributed by atoms with E-state index < -0.39 is 12.1 Å². The van der Waals surface area contributed by atoms with Gasteiger partial charge >= 0.3 is 5.97 Å². The van der Waals surface area contributed by atoms with Crippen LogP contribution in [0.3, 0.4) is 0 Å². The van der Waals surface area contributed by atoms with E-state index in [1.54, 1.807) is 36.9 Å². The highest BCUT2D eigenvalue weighted by molar-refractivity contribution is 5.91. The standard InChI is InChI=1S/C19H22N2O3/c1-13(24-19(23)17-11-6-12-21(17)2)18(22)20-16-10-5-8-14-7-3-4-9-15(14)16/h3-4,6-7,9,11-13,16H,5,8,10H2,1-2H3,(H,20,22)/t13-,16-/m1/s1. The number of amides is 1. The van der Waals surface area contributed by atoms with Gasteiger partial charge in [0.15, 0.2) is 6.10 Å². The van der Waals surface area contributed by atoms with Crippen molar-refractivity contribution < 1.29 is 14.3 Å². The van der Waals surface area contributed by atoms with Crippen LogP contribution in [0.15, 0.2) is 42.6 Å². The maximum absolute atomic E-state index is 12.4. The van der Waals surface area contributed by atoms with Crippen molar-refractivity contribution in [3.05, 3.63) is 59.4 Å². The summed E-state index contributed by atoms with van der Waals surface area (Å²) in [4.78, 5) is 24.5. The summed E-state index contributed by atoms with van der Waals surface area (Å²) in [6.45, 7) is 1.60. The Morgan fingerprint density at radius 2 is 2.04 bits per heavy atom. The van der Waals surface area contributed by atoms with Crippen molar-refractivity contribution in [3.8, 4) is 0 Å². The summed E-state index contributed by atoms with van der Waals surface area (Å²) >= 11 is 0. The highest BCUT2D eigenvalue weighted by Gasteiger charge is 2.26. The molecule has 1 N–H and O–H groups in total. The zero-order chi connectivity index (χ0) is 17.1. The fourth-order valence-electron chi connectivity index (χ4n) is 3.14. The van der Waals surface area contributed by atoms with Gasteiger partial charge in [0, 0.05) is 13.2 Å². The Kier molecular flexibility index (Phi) is 4.69. The molecule has 0 radical (unpaired) electrons. The van der Waals surface area contributed by atoms with Gasteiger partial charge in [-0.25, -0.2) is 4.79 Å². The van der Waals surface area contributed by atoms with Crippen LogP contribution in [0.2, 0.25) is 0 Å². The summed E-state index contributed by atoms with van der Waals surface area (Å²) < 4.78 is 6.97. The van der Waals surface area contributed by atoms with E-state index in [0.29, 0.717) is 5.69 Å². The number of fused-ring (bicyclic) bond motifs is 1. The topological polar surface area (TPSA) is 60.3 Å². The molecule has 2 atom stereocenters. The number of nitrogens with zero attached hydrogens (tertiary/aromatic N) is 1. The first-order valence-corrected chi connectivity index (χ1v) is 8.26. The fraction of sp³-hybridized carbons (Fsp3) is 0.368. The third-order valence-electron chi connectivity index (χ3n) is 4.49. The molecule has 5 nitrogen and oxygen atoms in total. The van der Waals surface area contributed by atoms with E-state index in [0.717, 1.165) is 24.8 Å². The fourth-order valence-corrected chi connectivity index (χ4v) is 3.14. The number of carbonyl (C=O) groups excluding carboxylic acids is 2. The van der Waals surface area contributed by atoms with Gasteiger partial charge in [-0.3, -0.25) is 4.79 Å². The van der Waals surface area contributed by atoms with Crippen LogP contribution in [-0.2, 0) is 23.0 Å². The first-order valence-electron chi connectivity index (χ1n) is 8.26. The van der Waals surface area contributed by atoms with E-state index >= 15 is 0 Å². The summed E-state index contributed by atoms with van der Waals surface area (Å²) in [6.07, 6.45) is 3.92. The summed E-state index contributed by atoms with van der Waals surface area (Å²) in [5.74, 6) is -0.756. The monoisotopic (exact) mass is 326 g/mol. The lowest BCUT2D eigenvalue weighted by molar-refractivity contribution is -0.130. The molecule has 1 heterocycles. The zero-order valence-electron chi connectivity index (χ0n) is 14.0. The van der Waals surface area contributed by atoms with Crippen LogP contribution < -0.4 is 5.32 Å². The predicted molar refractivity (Wildman–Crippen MR) is 90.6 cm³/mol. The molecule has 0 aliphatic heterocycles. The first-order chi connectivity index (χ1) is 11.6. The van der Waals surface area contributed by atoms with Crippen LogP contribution in [0.5, 0.6) is 0 Å². The minimum atomic E-state index is -0.832. The molecule has 1 aromatic heterocycles. The highest BCUT2D eigenvalue weighted by atomic mass is 16.5. The second-order valence-corrected chi connectivity index (χ2v) is 6.20. The Labute approximate surface area is 141 Å². The van der Waals surface area contributed by atoms with Gasteiger partial charge in [-0.1, -0.05) is 24.3 Å². The minimum Gasteiger partial charge on any atom is -0.448 e. The van der Waals surface area contributed by atoms with Crippen molar-refractivity contribution in [2.24, 2.45) is 7.05 Å². The zero-order valence-corrected chi connectivity index (χ0v) is 14.0. The van der Waals surface area contributed by atoms with Gasteiger partial charge < -0.3 is 14.6 Å². The number of aromatic nitrogens is 1. The molecular weight excluding hydrogens is 304 g/mol. The Hall–Kier alpha value is -2.56. The van der Waals surface area contributed by atoms with Crippen molar-refractivity contribution in [1.29, 1.82) is 0 Å². The molecule has 0 bridgehead atoms. The second kappa shape index (κ2) is 6.91. The van der Waals surface area contributed by atoms with Gasteiger partial charge in [0.25, 0.3) is 5.91 Å². The Balaban J connectivity index is 1.63. The number of aryl methyl sites for hydroxylation is 2. The van der Waals surface area contributed by atoms with E-state index in [9.17, 15) is 9.59 Å². The number of rotatable bonds is 4. The van der Waals surface area contributed by atoms with Crippen LogP contribution in [0.4, 0.5) is 0 Å². The van der Waals surface area contributed by atoms with Gasteiger partial charge in [0.05, 0.1) is 6.04 Å². The van der Waals surface area contributed by atoms with E-state index in [4.69, 9.17) is 4.74 Å². The molecule has 5 heteroatoms. The van der Waals surface area contributed by atoms with Crippen molar-refractivity contribution in [2.75, 3.05) is 0 Å². The largest absolute Gasteiger partial charge is 0.448 e. The lowest BCUT2D eigenvalue weighted by atomic mass is 9.87. The lowest BCUT2D eigenvalue weighted by Gasteiger charge is -2.27. The van der Waals surface area contributed by atoms with Crippen LogP contribution in [-0.4, -0.2) is 22.5 Å². The van der Waals surface area contributed by atoms with Gasteiger partial charge in [-0.2, -0.15) is 0 Å². The SMILES string of the molecule is C[C@@H](OC(=O)c1cccn1C)C(=O)N[C@@H]1CCCc2ccccc21. The molecule has 126 valence electrons. The number of carbonyl (C=O) groups is 2. The summed E-state index contributed by atoms with van der Waals surface area (Å²) in [5, 5.41) is 3.02. The number of benzene rings is 1. The molecular formula is C19H22N2O3. The lowest BCUT2D eigenvalue weighted by Crippen LogP contribution is -2.39. The highest BCUT2D eigenvalue weighted by Crippen LogP contribution is 2.29. The molecule has 1 aliphatic rings. The molecule has 1 amide bonds.